The molecule has 1 amide bonds. The summed E-state index contributed by atoms with van der Waals surface area (Å²) in [6, 6.07) is 24.2. The SMILES string of the molecule is C[C@H](NC(=O)/C(C#N)=C\c1ccc(OCc2ccccc2Cl)c(Br)c1)c1ccccc1. The summed E-state index contributed by atoms with van der Waals surface area (Å²) < 4.78 is 6.55. The maximum Gasteiger partial charge on any atom is 0.262 e. The lowest BCUT2D eigenvalue weighted by molar-refractivity contribution is -0.117. The van der Waals surface area contributed by atoms with Crippen LogP contribution in [0.15, 0.2) is 82.8 Å². The second-order valence-electron chi connectivity index (χ2n) is 6.85. The maximum atomic E-state index is 12.6. The third-order valence-corrected chi connectivity index (χ3v) is 5.61. The predicted octanol–water partition coefficient (Wildman–Crippen LogP) is 6.47. The van der Waals surface area contributed by atoms with E-state index in [1.165, 1.54) is 0 Å². The molecule has 0 aliphatic heterocycles. The van der Waals surface area contributed by atoms with Crippen LogP contribution in [0.4, 0.5) is 0 Å². The number of rotatable bonds is 7. The minimum absolute atomic E-state index is 0.0272. The van der Waals surface area contributed by atoms with Crippen LogP contribution in [-0.2, 0) is 11.4 Å². The summed E-state index contributed by atoms with van der Waals surface area (Å²) in [5.41, 5.74) is 2.59. The summed E-state index contributed by atoms with van der Waals surface area (Å²) in [5, 5.41) is 13.0. The van der Waals surface area contributed by atoms with Gasteiger partial charge >= 0.3 is 0 Å². The van der Waals surface area contributed by atoms with Crippen molar-refractivity contribution in [1.82, 2.24) is 5.32 Å². The minimum Gasteiger partial charge on any atom is -0.488 e. The van der Waals surface area contributed by atoms with E-state index < -0.39 is 5.91 Å². The zero-order chi connectivity index (χ0) is 22.2. The van der Waals surface area contributed by atoms with Crippen LogP contribution in [-0.4, -0.2) is 5.91 Å². The van der Waals surface area contributed by atoms with Crippen molar-refractivity contribution < 1.29 is 9.53 Å². The van der Waals surface area contributed by atoms with E-state index in [0.29, 0.717) is 27.4 Å². The molecule has 3 aromatic carbocycles. The molecule has 31 heavy (non-hydrogen) atoms. The molecule has 0 aliphatic rings. The summed E-state index contributed by atoms with van der Waals surface area (Å²) >= 11 is 9.65. The molecule has 0 saturated heterocycles. The number of halogens is 2. The Kier molecular flexibility index (Phi) is 7.88. The van der Waals surface area contributed by atoms with Gasteiger partial charge in [0.1, 0.15) is 24.0 Å². The number of amides is 1. The van der Waals surface area contributed by atoms with Gasteiger partial charge in [-0.05, 0) is 58.3 Å². The van der Waals surface area contributed by atoms with E-state index in [2.05, 4.69) is 21.2 Å². The van der Waals surface area contributed by atoms with Gasteiger partial charge in [0, 0.05) is 10.6 Å². The Bertz CT molecular complexity index is 1140. The molecule has 0 saturated carbocycles. The van der Waals surface area contributed by atoms with E-state index in [1.54, 1.807) is 24.3 Å². The lowest BCUT2D eigenvalue weighted by atomic mass is 10.1. The molecule has 4 nitrogen and oxygen atoms in total. The monoisotopic (exact) mass is 494 g/mol. The molecule has 0 spiro atoms. The van der Waals surface area contributed by atoms with Gasteiger partial charge in [-0.3, -0.25) is 4.79 Å². The predicted molar refractivity (Wildman–Crippen MR) is 127 cm³/mol. The van der Waals surface area contributed by atoms with E-state index in [0.717, 1.165) is 11.1 Å². The van der Waals surface area contributed by atoms with Crippen LogP contribution in [0.2, 0.25) is 5.02 Å². The summed E-state index contributed by atoms with van der Waals surface area (Å²) in [4.78, 5) is 12.6. The zero-order valence-corrected chi connectivity index (χ0v) is 19.2. The maximum absolute atomic E-state index is 12.6. The van der Waals surface area contributed by atoms with E-state index in [4.69, 9.17) is 16.3 Å². The number of nitrogens with one attached hydrogen (secondary N) is 1. The highest BCUT2D eigenvalue weighted by molar-refractivity contribution is 9.10. The van der Waals surface area contributed by atoms with Crippen LogP contribution in [0.5, 0.6) is 5.75 Å². The molecular formula is C25H20BrClN2O2. The van der Waals surface area contributed by atoms with E-state index in [1.807, 2.05) is 67.6 Å². The summed E-state index contributed by atoms with van der Waals surface area (Å²) in [6.45, 7) is 2.21. The molecule has 0 bridgehead atoms. The quantitative estimate of drug-likeness (QED) is 0.302. The lowest BCUT2D eigenvalue weighted by Gasteiger charge is -2.14. The molecule has 0 radical (unpaired) electrons. The van der Waals surface area contributed by atoms with Crippen LogP contribution >= 0.6 is 27.5 Å². The average Bonchev–Trinajstić information content (AvgIpc) is 2.78. The van der Waals surface area contributed by atoms with Gasteiger partial charge in [-0.15, -0.1) is 0 Å². The highest BCUT2D eigenvalue weighted by Gasteiger charge is 2.14. The van der Waals surface area contributed by atoms with Crippen molar-refractivity contribution in [2.75, 3.05) is 0 Å². The van der Waals surface area contributed by atoms with Gasteiger partial charge in [-0.1, -0.05) is 66.2 Å². The van der Waals surface area contributed by atoms with Crippen molar-refractivity contribution in [2.24, 2.45) is 0 Å². The standard InChI is InChI=1S/C25H20BrClN2O2/c1-17(19-7-3-2-4-8-19)29-25(30)21(15-28)13-18-11-12-24(22(26)14-18)31-16-20-9-5-6-10-23(20)27/h2-14,17H,16H2,1H3,(H,29,30)/b21-13-/t17-/m0/s1. The van der Waals surface area contributed by atoms with Crippen molar-refractivity contribution in [2.45, 2.75) is 19.6 Å². The minimum atomic E-state index is -0.422. The zero-order valence-electron chi connectivity index (χ0n) is 16.8. The Morgan fingerprint density at radius 1 is 1.16 bits per heavy atom. The van der Waals surface area contributed by atoms with Crippen molar-refractivity contribution in [3.8, 4) is 11.8 Å². The average molecular weight is 496 g/mol. The Morgan fingerprint density at radius 2 is 1.87 bits per heavy atom. The molecular weight excluding hydrogens is 476 g/mol. The van der Waals surface area contributed by atoms with E-state index in [9.17, 15) is 10.1 Å². The molecule has 3 rings (SSSR count). The molecule has 6 heteroatoms. The summed E-state index contributed by atoms with van der Waals surface area (Å²) in [5.74, 6) is 0.215. The van der Waals surface area contributed by atoms with E-state index >= 15 is 0 Å². The molecule has 0 fully saturated rings. The summed E-state index contributed by atoms with van der Waals surface area (Å²) in [6.07, 6.45) is 1.55. The Morgan fingerprint density at radius 3 is 2.55 bits per heavy atom. The third kappa shape index (κ3) is 6.21. The highest BCUT2D eigenvalue weighted by Crippen LogP contribution is 2.28. The first kappa shape index (κ1) is 22.6. The van der Waals surface area contributed by atoms with Gasteiger partial charge in [0.25, 0.3) is 5.91 Å². The molecule has 1 N–H and O–H groups in total. The number of hydrogen-bond acceptors (Lipinski definition) is 3. The molecule has 0 unspecified atom stereocenters. The Labute approximate surface area is 195 Å². The first-order valence-corrected chi connectivity index (χ1v) is 10.8. The fraction of sp³-hybridized carbons (Fsp3) is 0.120. The molecule has 0 heterocycles. The fourth-order valence-electron chi connectivity index (χ4n) is 2.91. The number of ether oxygens (including phenoxy) is 1. The Hall–Kier alpha value is -3.07. The van der Waals surface area contributed by atoms with Gasteiger partial charge in [0.15, 0.2) is 0 Å². The van der Waals surface area contributed by atoms with Gasteiger partial charge < -0.3 is 10.1 Å². The van der Waals surface area contributed by atoms with Crippen LogP contribution < -0.4 is 10.1 Å². The second kappa shape index (κ2) is 10.8. The number of benzene rings is 3. The van der Waals surface area contributed by atoms with Gasteiger partial charge in [-0.2, -0.15) is 5.26 Å². The fourth-order valence-corrected chi connectivity index (χ4v) is 3.61. The van der Waals surface area contributed by atoms with Crippen LogP contribution in [0.1, 0.15) is 29.7 Å². The molecule has 1 atom stereocenters. The molecule has 156 valence electrons. The lowest BCUT2D eigenvalue weighted by Crippen LogP contribution is -2.27. The van der Waals surface area contributed by atoms with Gasteiger partial charge in [-0.25, -0.2) is 0 Å². The van der Waals surface area contributed by atoms with Crippen molar-refractivity contribution in [1.29, 1.82) is 5.26 Å². The highest BCUT2D eigenvalue weighted by atomic mass is 79.9. The number of nitrogens with zero attached hydrogens (tertiary/aromatic N) is 1. The largest absolute Gasteiger partial charge is 0.488 e. The first-order chi connectivity index (χ1) is 15.0. The smallest absolute Gasteiger partial charge is 0.262 e. The number of nitriles is 1. The summed E-state index contributed by atoms with van der Waals surface area (Å²) in [7, 11) is 0. The molecule has 0 aliphatic carbocycles. The topological polar surface area (TPSA) is 62.1 Å². The van der Waals surface area contributed by atoms with Crippen LogP contribution in [0, 0.1) is 11.3 Å². The van der Waals surface area contributed by atoms with Gasteiger partial charge in [0.2, 0.25) is 0 Å². The third-order valence-electron chi connectivity index (χ3n) is 4.62. The molecule has 0 aromatic heterocycles. The normalized spacial score (nSPS) is 12.0. The van der Waals surface area contributed by atoms with Crippen molar-refractivity contribution in [3.63, 3.8) is 0 Å². The second-order valence-corrected chi connectivity index (χ2v) is 8.11. The van der Waals surface area contributed by atoms with Crippen molar-refractivity contribution in [3.05, 3.63) is 105 Å². The number of carbonyl (C=O) groups excluding carboxylic acids is 1. The van der Waals surface area contributed by atoms with E-state index in [-0.39, 0.29) is 11.6 Å². The molecule has 3 aromatic rings. The number of carbonyl (C=O) groups is 1. The van der Waals surface area contributed by atoms with Crippen LogP contribution in [0.3, 0.4) is 0 Å². The number of hydrogen-bond donors (Lipinski definition) is 1. The first-order valence-electron chi connectivity index (χ1n) is 9.61. The van der Waals surface area contributed by atoms with Crippen LogP contribution in [0.25, 0.3) is 6.08 Å². The Balaban J connectivity index is 1.69. The van der Waals surface area contributed by atoms with Crippen molar-refractivity contribution >= 4 is 39.5 Å². The van der Waals surface area contributed by atoms with Gasteiger partial charge in [0.05, 0.1) is 10.5 Å².